The van der Waals surface area contributed by atoms with Crippen molar-refractivity contribution in [3.63, 3.8) is 0 Å². The van der Waals surface area contributed by atoms with Gasteiger partial charge in [0.25, 0.3) is 0 Å². The van der Waals surface area contributed by atoms with Crippen LogP contribution in [0.4, 0.5) is 4.39 Å². The van der Waals surface area contributed by atoms with E-state index in [4.69, 9.17) is 0 Å². The minimum atomic E-state index is -0.355. The van der Waals surface area contributed by atoms with E-state index in [2.05, 4.69) is 10.6 Å². The maximum absolute atomic E-state index is 14.2. The van der Waals surface area contributed by atoms with Crippen LogP contribution >= 0.6 is 0 Å². The van der Waals surface area contributed by atoms with Crippen LogP contribution in [0.1, 0.15) is 23.6 Å². The number of rotatable bonds is 5. The molecule has 2 aromatic carbocycles. The van der Waals surface area contributed by atoms with Gasteiger partial charge >= 0.3 is 0 Å². The van der Waals surface area contributed by atoms with Gasteiger partial charge in [-0.25, -0.2) is 4.39 Å². The van der Waals surface area contributed by atoms with Crippen LogP contribution in [0.25, 0.3) is 0 Å². The maximum atomic E-state index is 14.2. The number of carbonyl (C=O) groups excluding carboxylic acids is 1. The molecule has 2 atom stereocenters. The van der Waals surface area contributed by atoms with Crippen LogP contribution in [-0.2, 0) is 11.2 Å². The molecular weight excluding hydrogens is 291 g/mol. The molecule has 0 aliphatic carbocycles. The number of hydrogen-bond donors (Lipinski definition) is 2. The van der Waals surface area contributed by atoms with Gasteiger partial charge in [0.05, 0.1) is 12.0 Å². The first-order chi connectivity index (χ1) is 11.2. The summed E-state index contributed by atoms with van der Waals surface area (Å²) in [6.07, 6.45) is 1.41. The fourth-order valence-corrected chi connectivity index (χ4v) is 3.01. The molecule has 120 valence electrons. The summed E-state index contributed by atoms with van der Waals surface area (Å²) in [6.45, 7) is 1.56. The minimum Gasteiger partial charge on any atom is -0.349 e. The van der Waals surface area contributed by atoms with Crippen molar-refractivity contribution >= 4 is 5.91 Å². The number of hydrogen-bond acceptors (Lipinski definition) is 2. The van der Waals surface area contributed by atoms with Crippen molar-refractivity contribution in [3.8, 4) is 0 Å². The molecule has 0 spiro atoms. The second-order valence-electron chi connectivity index (χ2n) is 5.96. The Morgan fingerprint density at radius 3 is 2.61 bits per heavy atom. The highest BCUT2D eigenvalue weighted by Crippen LogP contribution is 2.22. The van der Waals surface area contributed by atoms with E-state index >= 15 is 0 Å². The molecule has 2 N–H and O–H groups in total. The first kappa shape index (κ1) is 15.7. The molecule has 23 heavy (non-hydrogen) atoms. The molecule has 0 aromatic heterocycles. The normalized spacial score (nSPS) is 18.6. The fraction of sp³-hybridized carbons (Fsp3) is 0.316. The van der Waals surface area contributed by atoms with Crippen molar-refractivity contribution in [2.45, 2.75) is 18.9 Å². The summed E-state index contributed by atoms with van der Waals surface area (Å²) < 4.78 is 14.2. The Labute approximate surface area is 135 Å². The highest BCUT2D eigenvalue weighted by atomic mass is 19.1. The summed E-state index contributed by atoms with van der Waals surface area (Å²) in [5.74, 6) is -0.308. The highest BCUT2D eigenvalue weighted by Gasteiger charge is 2.26. The van der Waals surface area contributed by atoms with Crippen LogP contribution in [0.5, 0.6) is 0 Å². The summed E-state index contributed by atoms with van der Waals surface area (Å²) in [5.41, 5.74) is 1.61. The Morgan fingerprint density at radius 1 is 1.17 bits per heavy atom. The third-order valence-corrected chi connectivity index (χ3v) is 4.31. The van der Waals surface area contributed by atoms with Crippen LogP contribution in [0, 0.1) is 11.7 Å². The molecule has 1 heterocycles. The van der Waals surface area contributed by atoms with Crippen molar-refractivity contribution in [2.24, 2.45) is 5.92 Å². The summed E-state index contributed by atoms with van der Waals surface area (Å²) in [7, 11) is 0. The van der Waals surface area contributed by atoms with E-state index < -0.39 is 0 Å². The lowest BCUT2D eigenvalue weighted by Gasteiger charge is -2.22. The third kappa shape index (κ3) is 3.96. The molecule has 1 amide bonds. The van der Waals surface area contributed by atoms with Crippen molar-refractivity contribution in [1.82, 2.24) is 10.6 Å². The van der Waals surface area contributed by atoms with Crippen molar-refractivity contribution in [3.05, 3.63) is 71.5 Å². The fourth-order valence-electron chi connectivity index (χ4n) is 3.01. The van der Waals surface area contributed by atoms with Crippen molar-refractivity contribution in [1.29, 1.82) is 0 Å². The van der Waals surface area contributed by atoms with E-state index in [9.17, 15) is 9.18 Å². The van der Waals surface area contributed by atoms with Gasteiger partial charge in [-0.3, -0.25) is 4.79 Å². The number of benzene rings is 2. The van der Waals surface area contributed by atoms with Gasteiger partial charge in [-0.15, -0.1) is 0 Å². The lowest BCUT2D eigenvalue weighted by molar-refractivity contribution is -0.125. The Balaban J connectivity index is 1.81. The molecule has 0 bridgehead atoms. The molecule has 1 aliphatic heterocycles. The minimum absolute atomic E-state index is 0.000755. The van der Waals surface area contributed by atoms with E-state index in [0.29, 0.717) is 18.5 Å². The molecule has 0 unspecified atom stereocenters. The number of nitrogens with one attached hydrogen (secondary N) is 2. The molecule has 0 radical (unpaired) electrons. The van der Waals surface area contributed by atoms with Crippen molar-refractivity contribution < 1.29 is 9.18 Å². The topological polar surface area (TPSA) is 41.1 Å². The SMILES string of the molecule is O=C(N[C@H](Cc1ccccc1)c1ccccc1F)[C@H]1CCNC1. The second-order valence-corrected chi connectivity index (χ2v) is 5.96. The zero-order valence-electron chi connectivity index (χ0n) is 13.0. The average Bonchev–Trinajstić information content (AvgIpc) is 3.10. The zero-order chi connectivity index (χ0) is 16.1. The first-order valence-corrected chi connectivity index (χ1v) is 8.03. The van der Waals surface area contributed by atoms with E-state index in [1.807, 2.05) is 30.3 Å². The van der Waals surface area contributed by atoms with E-state index in [-0.39, 0.29) is 23.7 Å². The van der Waals surface area contributed by atoms with Crippen LogP contribution in [0.15, 0.2) is 54.6 Å². The van der Waals surface area contributed by atoms with Crippen molar-refractivity contribution in [2.75, 3.05) is 13.1 Å². The molecule has 3 rings (SSSR count). The van der Waals surface area contributed by atoms with Crippen LogP contribution in [0.2, 0.25) is 0 Å². The third-order valence-electron chi connectivity index (χ3n) is 4.31. The molecule has 3 nitrogen and oxygen atoms in total. The Morgan fingerprint density at radius 2 is 1.91 bits per heavy atom. The lowest BCUT2D eigenvalue weighted by atomic mass is 9.97. The van der Waals surface area contributed by atoms with Gasteiger partial charge in [-0.1, -0.05) is 48.5 Å². The Kier molecular flexibility index (Phi) is 5.03. The average molecular weight is 312 g/mol. The monoisotopic (exact) mass is 312 g/mol. The van der Waals surface area contributed by atoms with Gasteiger partial charge in [-0.05, 0) is 31.0 Å². The second kappa shape index (κ2) is 7.38. The van der Waals surface area contributed by atoms with Gasteiger partial charge in [0.15, 0.2) is 0 Å². The maximum Gasteiger partial charge on any atom is 0.224 e. The van der Waals surface area contributed by atoms with E-state index in [1.54, 1.807) is 18.2 Å². The van der Waals surface area contributed by atoms with Gasteiger partial charge < -0.3 is 10.6 Å². The predicted octanol–water partition coefficient (Wildman–Crippen LogP) is 2.84. The number of amides is 1. The molecule has 4 heteroatoms. The number of halogens is 1. The number of carbonyl (C=O) groups is 1. The molecule has 0 saturated carbocycles. The molecular formula is C19H21FN2O. The standard InChI is InChI=1S/C19H21FN2O/c20-17-9-5-4-8-16(17)18(12-14-6-2-1-3-7-14)22-19(23)15-10-11-21-13-15/h1-9,15,18,21H,10-13H2,(H,22,23)/t15-,18+/m0/s1. The molecule has 1 aliphatic rings. The first-order valence-electron chi connectivity index (χ1n) is 8.03. The van der Waals surface area contributed by atoms with Gasteiger partial charge in [0, 0.05) is 12.1 Å². The lowest BCUT2D eigenvalue weighted by Crippen LogP contribution is -2.36. The molecule has 1 saturated heterocycles. The highest BCUT2D eigenvalue weighted by molar-refractivity contribution is 5.79. The smallest absolute Gasteiger partial charge is 0.224 e. The van der Waals surface area contributed by atoms with Crippen LogP contribution in [-0.4, -0.2) is 19.0 Å². The Bertz CT molecular complexity index is 653. The molecule has 1 fully saturated rings. The summed E-state index contributed by atoms with van der Waals surface area (Å²) >= 11 is 0. The van der Waals surface area contributed by atoms with E-state index in [1.165, 1.54) is 6.07 Å². The summed E-state index contributed by atoms with van der Waals surface area (Å²) in [4.78, 5) is 12.5. The zero-order valence-corrected chi connectivity index (χ0v) is 13.0. The summed E-state index contributed by atoms with van der Waals surface area (Å²) in [6, 6.07) is 16.2. The van der Waals surface area contributed by atoms with Gasteiger partial charge in [0.1, 0.15) is 5.82 Å². The largest absolute Gasteiger partial charge is 0.349 e. The molecule has 2 aromatic rings. The van der Waals surface area contributed by atoms with Gasteiger partial charge in [0.2, 0.25) is 5.91 Å². The van der Waals surface area contributed by atoms with Gasteiger partial charge in [-0.2, -0.15) is 0 Å². The summed E-state index contributed by atoms with van der Waals surface area (Å²) in [5, 5.41) is 6.24. The van der Waals surface area contributed by atoms with Crippen LogP contribution in [0.3, 0.4) is 0 Å². The Hall–Kier alpha value is -2.20. The van der Waals surface area contributed by atoms with Crippen LogP contribution < -0.4 is 10.6 Å². The van der Waals surface area contributed by atoms with E-state index in [0.717, 1.165) is 18.5 Å². The quantitative estimate of drug-likeness (QED) is 0.891. The predicted molar refractivity (Wildman–Crippen MR) is 88.4 cm³/mol.